The lowest BCUT2D eigenvalue weighted by Crippen LogP contribution is -2.36. The van der Waals surface area contributed by atoms with Crippen molar-refractivity contribution < 1.29 is 0 Å². The van der Waals surface area contributed by atoms with Gasteiger partial charge in [-0.05, 0) is 36.6 Å². The van der Waals surface area contributed by atoms with Crippen molar-refractivity contribution >= 4 is 27.6 Å². The number of aromatic amines is 1. The fraction of sp³-hybridized carbons (Fsp3) is 0.167. The first kappa shape index (κ1) is 18.1. The van der Waals surface area contributed by atoms with Gasteiger partial charge in [-0.3, -0.25) is 10.1 Å². The van der Waals surface area contributed by atoms with E-state index in [1.165, 1.54) is 0 Å². The Labute approximate surface area is 174 Å². The molecular weight excluding hydrogens is 372 g/mol. The quantitative estimate of drug-likeness (QED) is 0.503. The first-order chi connectivity index (χ1) is 14.7. The van der Waals surface area contributed by atoms with Crippen LogP contribution >= 0.6 is 0 Å². The third kappa shape index (κ3) is 3.01. The standard InChI is InChI=1S/C24H20N6/c1-2-24(8-4-3-5-9-24)29-22-19(12-25)14-26-21-7-6-16(11-20(21)22)17-10-18-15-28-30-23(18)27-13-17/h3-8,10-11,13-15H,2,9H2,1H3,(H,26,29)(H,27,28,30)/t24-/m0/s1. The lowest BCUT2D eigenvalue weighted by molar-refractivity contribution is 0.558. The molecule has 0 bridgehead atoms. The Bertz CT molecular complexity index is 1360. The topological polar surface area (TPSA) is 90.3 Å². The summed E-state index contributed by atoms with van der Waals surface area (Å²) in [4.78, 5) is 8.96. The molecule has 5 rings (SSSR count). The Hall–Kier alpha value is -3.98. The summed E-state index contributed by atoms with van der Waals surface area (Å²) in [6.07, 6.45) is 15.5. The maximum atomic E-state index is 9.76. The Morgan fingerprint density at radius 2 is 2.07 bits per heavy atom. The molecule has 1 atom stereocenters. The van der Waals surface area contributed by atoms with Gasteiger partial charge in [0.25, 0.3) is 0 Å². The molecule has 30 heavy (non-hydrogen) atoms. The van der Waals surface area contributed by atoms with Gasteiger partial charge in [0, 0.05) is 28.7 Å². The van der Waals surface area contributed by atoms with E-state index in [-0.39, 0.29) is 5.54 Å². The average Bonchev–Trinajstić information content (AvgIpc) is 3.27. The molecule has 0 saturated carbocycles. The van der Waals surface area contributed by atoms with Crippen LogP contribution in [0.15, 0.2) is 67.2 Å². The first-order valence-corrected chi connectivity index (χ1v) is 9.96. The van der Waals surface area contributed by atoms with E-state index in [9.17, 15) is 5.26 Å². The van der Waals surface area contributed by atoms with Gasteiger partial charge in [0.2, 0.25) is 0 Å². The maximum absolute atomic E-state index is 9.76. The van der Waals surface area contributed by atoms with Crippen LogP contribution in [-0.2, 0) is 0 Å². The predicted octanol–water partition coefficient (Wildman–Crippen LogP) is 5.12. The van der Waals surface area contributed by atoms with Crippen LogP contribution in [0.3, 0.4) is 0 Å². The van der Waals surface area contributed by atoms with Crippen molar-refractivity contribution in [3.8, 4) is 17.2 Å². The molecule has 0 amide bonds. The predicted molar refractivity (Wildman–Crippen MR) is 119 cm³/mol. The van der Waals surface area contributed by atoms with E-state index in [1.807, 2.05) is 18.3 Å². The highest BCUT2D eigenvalue weighted by Gasteiger charge is 2.26. The number of hydrogen-bond acceptors (Lipinski definition) is 5. The molecule has 0 saturated heterocycles. The second kappa shape index (κ2) is 7.12. The molecule has 1 aliphatic carbocycles. The zero-order valence-electron chi connectivity index (χ0n) is 16.6. The van der Waals surface area contributed by atoms with Crippen LogP contribution in [0.5, 0.6) is 0 Å². The molecular formula is C24H20N6. The van der Waals surface area contributed by atoms with Gasteiger partial charge in [-0.2, -0.15) is 10.4 Å². The third-order valence-electron chi connectivity index (χ3n) is 5.76. The molecule has 3 aromatic heterocycles. The number of nitrogens with zero attached hydrogens (tertiary/aromatic N) is 4. The number of nitriles is 1. The molecule has 6 nitrogen and oxygen atoms in total. The molecule has 3 heterocycles. The van der Waals surface area contributed by atoms with E-state index in [4.69, 9.17) is 0 Å². The normalized spacial score (nSPS) is 18.0. The van der Waals surface area contributed by atoms with Crippen molar-refractivity contribution in [3.63, 3.8) is 0 Å². The van der Waals surface area contributed by atoms with Crippen LogP contribution in [0.4, 0.5) is 5.69 Å². The molecule has 4 aromatic rings. The van der Waals surface area contributed by atoms with Gasteiger partial charge in [-0.25, -0.2) is 4.98 Å². The Morgan fingerprint density at radius 1 is 1.13 bits per heavy atom. The minimum Gasteiger partial charge on any atom is -0.374 e. The molecule has 146 valence electrons. The fourth-order valence-corrected chi connectivity index (χ4v) is 3.94. The summed E-state index contributed by atoms with van der Waals surface area (Å²) >= 11 is 0. The number of fused-ring (bicyclic) bond motifs is 2. The van der Waals surface area contributed by atoms with E-state index in [2.05, 4.69) is 74.9 Å². The van der Waals surface area contributed by atoms with Crippen molar-refractivity contribution in [3.05, 3.63) is 72.7 Å². The third-order valence-corrected chi connectivity index (χ3v) is 5.76. The highest BCUT2D eigenvalue weighted by Crippen LogP contribution is 2.35. The number of allylic oxidation sites excluding steroid dienone is 2. The highest BCUT2D eigenvalue weighted by atomic mass is 15.1. The average molecular weight is 392 g/mol. The summed E-state index contributed by atoms with van der Waals surface area (Å²) < 4.78 is 0. The summed E-state index contributed by atoms with van der Waals surface area (Å²) in [5.41, 5.74) is 4.76. The van der Waals surface area contributed by atoms with Gasteiger partial charge < -0.3 is 5.32 Å². The van der Waals surface area contributed by atoms with Crippen molar-refractivity contribution in [2.24, 2.45) is 0 Å². The minimum atomic E-state index is -0.220. The second-order valence-corrected chi connectivity index (χ2v) is 7.55. The summed E-state index contributed by atoms with van der Waals surface area (Å²) in [5, 5.41) is 22.3. The summed E-state index contributed by atoms with van der Waals surface area (Å²) in [6, 6.07) is 10.5. The lowest BCUT2D eigenvalue weighted by atomic mass is 9.87. The van der Waals surface area contributed by atoms with Crippen LogP contribution in [0, 0.1) is 11.3 Å². The van der Waals surface area contributed by atoms with Crippen LogP contribution in [0.2, 0.25) is 0 Å². The van der Waals surface area contributed by atoms with Crippen molar-refractivity contribution in [1.82, 2.24) is 20.2 Å². The number of anilines is 1. The van der Waals surface area contributed by atoms with Gasteiger partial charge in [-0.1, -0.05) is 37.3 Å². The van der Waals surface area contributed by atoms with Gasteiger partial charge in [0.05, 0.1) is 28.5 Å². The molecule has 0 spiro atoms. The lowest BCUT2D eigenvalue weighted by Gasteiger charge is -2.33. The molecule has 1 aliphatic rings. The zero-order valence-corrected chi connectivity index (χ0v) is 16.6. The van der Waals surface area contributed by atoms with Gasteiger partial charge in [0.1, 0.15) is 6.07 Å². The summed E-state index contributed by atoms with van der Waals surface area (Å²) in [5.74, 6) is 0. The Balaban J connectivity index is 1.66. The maximum Gasteiger partial charge on any atom is 0.155 e. The van der Waals surface area contributed by atoms with Gasteiger partial charge in [0.15, 0.2) is 5.65 Å². The highest BCUT2D eigenvalue weighted by molar-refractivity contribution is 5.97. The molecule has 0 radical (unpaired) electrons. The van der Waals surface area contributed by atoms with Crippen molar-refractivity contribution in [1.29, 1.82) is 5.26 Å². The SMILES string of the molecule is CC[C@]1(Nc2c(C#N)cnc3ccc(-c4cnc5[nH]ncc5c4)cc23)C=CC=CC1. The van der Waals surface area contributed by atoms with Crippen molar-refractivity contribution in [2.75, 3.05) is 5.32 Å². The molecule has 6 heteroatoms. The zero-order chi connectivity index (χ0) is 20.6. The Morgan fingerprint density at radius 3 is 2.87 bits per heavy atom. The second-order valence-electron chi connectivity index (χ2n) is 7.55. The minimum absolute atomic E-state index is 0.220. The number of hydrogen-bond donors (Lipinski definition) is 2. The van der Waals surface area contributed by atoms with E-state index in [1.54, 1.807) is 12.4 Å². The van der Waals surface area contributed by atoms with E-state index < -0.39 is 0 Å². The molecule has 0 unspecified atom stereocenters. The van der Waals surface area contributed by atoms with Crippen LogP contribution < -0.4 is 5.32 Å². The number of pyridine rings is 2. The number of H-pyrrole nitrogens is 1. The van der Waals surface area contributed by atoms with Gasteiger partial charge in [-0.15, -0.1) is 0 Å². The first-order valence-electron chi connectivity index (χ1n) is 9.96. The van der Waals surface area contributed by atoms with Crippen LogP contribution in [0.1, 0.15) is 25.3 Å². The largest absolute Gasteiger partial charge is 0.374 e. The summed E-state index contributed by atoms with van der Waals surface area (Å²) in [7, 11) is 0. The van der Waals surface area contributed by atoms with Crippen molar-refractivity contribution in [2.45, 2.75) is 25.3 Å². The monoisotopic (exact) mass is 392 g/mol. The van der Waals surface area contributed by atoms with Crippen LogP contribution in [-0.4, -0.2) is 25.7 Å². The Kier molecular flexibility index (Phi) is 4.29. The number of rotatable bonds is 4. The number of aromatic nitrogens is 4. The number of benzene rings is 1. The van der Waals surface area contributed by atoms with Gasteiger partial charge >= 0.3 is 0 Å². The molecule has 2 N–H and O–H groups in total. The van der Waals surface area contributed by atoms with E-state index in [0.717, 1.165) is 51.6 Å². The molecule has 0 fully saturated rings. The number of nitrogens with one attached hydrogen (secondary N) is 2. The summed E-state index contributed by atoms with van der Waals surface area (Å²) in [6.45, 7) is 2.16. The smallest absolute Gasteiger partial charge is 0.155 e. The van der Waals surface area contributed by atoms with Crippen LogP contribution in [0.25, 0.3) is 33.1 Å². The van der Waals surface area contributed by atoms with E-state index >= 15 is 0 Å². The van der Waals surface area contributed by atoms with E-state index in [0.29, 0.717) is 5.56 Å². The molecule has 1 aromatic carbocycles. The fourth-order valence-electron chi connectivity index (χ4n) is 3.94. The molecule has 0 aliphatic heterocycles.